The molecule has 2 aliphatic heterocycles. The minimum absolute atomic E-state index is 0.0393. The second kappa shape index (κ2) is 8.16. The van der Waals surface area contributed by atoms with Crippen LogP contribution < -0.4 is 10.2 Å². The molecule has 0 saturated carbocycles. The van der Waals surface area contributed by atoms with E-state index in [9.17, 15) is 4.79 Å². The number of thiophene rings is 1. The number of aromatic nitrogens is 1. The highest BCUT2D eigenvalue weighted by Gasteiger charge is 2.36. The van der Waals surface area contributed by atoms with E-state index in [1.165, 1.54) is 4.88 Å². The van der Waals surface area contributed by atoms with Gasteiger partial charge < -0.3 is 19.4 Å². The molecule has 1 aromatic carbocycles. The summed E-state index contributed by atoms with van der Waals surface area (Å²) in [4.78, 5) is 21.2. The number of para-hydroxylation sites is 2. The van der Waals surface area contributed by atoms with Gasteiger partial charge in [-0.15, -0.1) is 11.3 Å². The molecule has 4 heterocycles. The SMILES string of the molecule is O=C(NC(c1cccs1)C1CCOCC1)C1CCCN1c1nc2ccccc2o1. The maximum Gasteiger partial charge on any atom is 0.299 e. The molecule has 2 saturated heterocycles. The van der Waals surface area contributed by atoms with Crippen molar-refractivity contribution in [2.75, 3.05) is 24.7 Å². The van der Waals surface area contributed by atoms with Gasteiger partial charge >= 0.3 is 0 Å². The number of fused-ring (bicyclic) bond motifs is 1. The first-order chi connectivity index (χ1) is 14.3. The molecule has 7 heteroatoms. The molecular weight excluding hydrogens is 386 g/mol. The molecule has 1 amide bonds. The minimum Gasteiger partial charge on any atom is -0.423 e. The van der Waals surface area contributed by atoms with Crippen molar-refractivity contribution in [1.29, 1.82) is 0 Å². The van der Waals surface area contributed by atoms with E-state index in [0.29, 0.717) is 11.9 Å². The van der Waals surface area contributed by atoms with Gasteiger partial charge in [0.25, 0.3) is 6.01 Å². The van der Waals surface area contributed by atoms with Crippen LogP contribution in [0.1, 0.15) is 36.6 Å². The average molecular weight is 412 g/mol. The summed E-state index contributed by atoms with van der Waals surface area (Å²) in [7, 11) is 0. The zero-order valence-electron chi connectivity index (χ0n) is 16.3. The van der Waals surface area contributed by atoms with Crippen LogP contribution in [0.4, 0.5) is 6.01 Å². The lowest BCUT2D eigenvalue weighted by atomic mass is 9.90. The standard InChI is InChI=1S/C22H25N3O3S/c26-21(24-20(19-8-4-14-29-19)15-9-12-27-13-10-15)17-6-3-11-25(17)22-23-16-5-1-2-7-18(16)28-22/h1-2,4-5,7-8,14-15,17,20H,3,6,9-13H2,(H,24,26). The van der Waals surface area contributed by atoms with E-state index >= 15 is 0 Å². The van der Waals surface area contributed by atoms with Gasteiger partial charge in [0.15, 0.2) is 5.58 Å². The molecule has 1 N–H and O–H groups in total. The Hall–Kier alpha value is -2.38. The van der Waals surface area contributed by atoms with Crippen molar-refractivity contribution in [2.45, 2.75) is 37.8 Å². The van der Waals surface area contributed by atoms with E-state index in [4.69, 9.17) is 9.15 Å². The molecule has 3 aromatic rings. The Labute approximate surface area is 173 Å². The van der Waals surface area contributed by atoms with E-state index in [1.54, 1.807) is 11.3 Å². The van der Waals surface area contributed by atoms with Crippen molar-refractivity contribution in [3.05, 3.63) is 46.7 Å². The number of amides is 1. The lowest BCUT2D eigenvalue weighted by Gasteiger charge is -2.32. The van der Waals surface area contributed by atoms with Crippen molar-refractivity contribution in [3.63, 3.8) is 0 Å². The summed E-state index contributed by atoms with van der Waals surface area (Å²) in [6.07, 6.45) is 3.72. The Morgan fingerprint density at radius 1 is 1.17 bits per heavy atom. The smallest absolute Gasteiger partial charge is 0.299 e. The molecule has 2 atom stereocenters. The molecule has 29 heavy (non-hydrogen) atoms. The molecule has 2 fully saturated rings. The Bertz CT molecular complexity index is 932. The Morgan fingerprint density at radius 3 is 2.83 bits per heavy atom. The largest absolute Gasteiger partial charge is 0.423 e. The van der Waals surface area contributed by atoms with Gasteiger partial charge in [-0.05, 0) is 55.2 Å². The Morgan fingerprint density at radius 2 is 2.03 bits per heavy atom. The molecule has 5 rings (SSSR count). The van der Waals surface area contributed by atoms with Gasteiger partial charge in [0.1, 0.15) is 11.6 Å². The molecule has 152 valence electrons. The fourth-order valence-corrected chi connectivity index (χ4v) is 5.31. The van der Waals surface area contributed by atoms with E-state index in [0.717, 1.165) is 56.5 Å². The first kappa shape index (κ1) is 18.6. The topological polar surface area (TPSA) is 67.6 Å². The van der Waals surface area contributed by atoms with Gasteiger partial charge in [0.2, 0.25) is 5.91 Å². The monoisotopic (exact) mass is 411 g/mol. The average Bonchev–Trinajstić information content (AvgIpc) is 3.52. The summed E-state index contributed by atoms with van der Waals surface area (Å²) in [5.41, 5.74) is 1.58. The van der Waals surface area contributed by atoms with Crippen molar-refractivity contribution in [1.82, 2.24) is 10.3 Å². The number of oxazole rings is 1. The van der Waals surface area contributed by atoms with Crippen LogP contribution in [0.15, 0.2) is 46.2 Å². The quantitative estimate of drug-likeness (QED) is 0.683. The predicted octanol–water partition coefficient (Wildman–Crippen LogP) is 4.14. The normalized spacial score (nSPS) is 21.5. The number of nitrogens with one attached hydrogen (secondary N) is 1. The van der Waals surface area contributed by atoms with E-state index in [-0.39, 0.29) is 18.0 Å². The molecule has 0 bridgehead atoms. The number of hydrogen-bond acceptors (Lipinski definition) is 6. The highest BCUT2D eigenvalue weighted by molar-refractivity contribution is 7.10. The summed E-state index contributed by atoms with van der Waals surface area (Å²) in [6.45, 7) is 2.31. The fourth-order valence-electron chi connectivity index (χ4n) is 4.44. The second-order valence-electron chi connectivity index (χ2n) is 7.77. The number of nitrogens with zero attached hydrogens (tertiary/aromatic N) is 2. The lowest BCUT2D eigenvalue weighted by Crippen LogP contribution is -2.46. The molecular formula is C22H25N3O3S. The maximum atomic E-state index is 13.3. The van der Waals surface area contributed by atoms with Crippen LogP contribution in [0.5, 0.6) is 0 Å². The molecule has 0 aliphatic carbocycles. The molecule has 2 aliphatic rings. The summed E-state index contributed by atoms with van der Waals surface area (Å²) in [5, 5.41) is 5.45. The van der Waals surface area contributed by atoms with Gasteiger partial charge in [-0.2, -0.15) is 4.98 Å². The van der Waals surface area contributed by atoms with Crippen LogP contribution in [-0.4, -0.2) is 36.7 Å². The van der Waals surface area contributed by atoms with Gasteiger partial charge in [-0.25, -0.2) is 0 Å². The number of carbonyl (C=O) groups excluding carboxylic acids is 1. The van der Waals surface area contributed by atoms with Gasteiger partial charge in [-0.3, -0.25) is 4.79 Å². The van der Waals surface area contributed by atoms with Crippen molar-refractivity contribution >= 4 is 34.4 Å². The van der Waals surface area contributed by atoms with Gasteiger partial charge in [-0.1, -0.05) is 18.2 Å². The summed E-state index contributed by atoms with van der Waals surface area (Å²) >= 11 is 1.71. The number of carbonyl (C=O) groups is 1. The van der Waals surface area contributed by atoms with Gasteiger partial charge in [0, 0.05) is 24.6 Å². The molecule has 6 nitrogen and oxygen atoms in total. The predicted molar refractivity (Wildman–Crippen MR) is 113 cm³/mol. The second-order valence-corrected chi connectivity index (χ2v) is 8.75. The Balaban J connectivity index is 1.36. The molecule has 0 radical (unpaired) electrons. The van der Waals surface area contributed by atoms with E-state index in [1.807, 2.05) is 29.2 Å². The third-order valence-corrected chi connectivity index (χ3v) is 6.92. The van der Waals surface area contributed by atoms with E-state index in [2.05, 4.69) is 27.8 Å². The zero-order chi connectivity index (χ0) is 19.6. The third kappa shape index (κ3) is 3.76. The van der Waals surface area contributed by atoms with E-state index < -0.39 is 0 Å². The zero-order valence-corrected chi connectivity index (χ0v) is 17.1. The summed E-state index contributed by atoms with van der Waals surface area (Å²) < 4.78 is 11.5. The van der Waals surface area contributed by atoms with Crippen LogP contribution in [0.2, 0.25) is 0 Å². The minimum atomic E-state index is -0.245. The number of rotatable bonds is 5. The Kier molecular flexibility index (Phi) is 5.24. The number of hydrogen-bond donors (Lipinski definition) is 1. The first-order valence-electron chi connectivity index (χ1n) is 10.3. The summed E-state index contributed by atoms with van der Waals surface area (Å²) in [5.74, 6) is 0.472. The fraction of sp³-hybridized carbons (Fsp3) is 0.455. The molecule has 0 spiro atoms. The lowest BCUT2D eigenvalue weighted by molar-refractivity contribution is -0.123. The van der Waals surface area contributed by atoms with Crippen molar-refractivity contribution < 1.29 is 13.9 Å². The third-order valence-electron chi connectivity index (χ3n) is 5.97. The van der Waals surface area contributed by atoms with Crippen LogP contribution >= 0.6 is 11.3 Å². The van der Waals surface area contributed by atoms with Crippen LogP contribution in [0.3, 0.4) is 0 Å². The molecule has 2 unspecified atom stereocenters. The number of ether oxygens (including phenoxy) is 1. The van der Waals surface area contributed by atoms with Gasteiger partial charge in [0.05, 0.1) is 6.04 Å². The van der Waals surface area contributed by atoms with Crippen LogP contribution in [-0.2, 0) is 9.53 Å². The van der Waals surface area contributed by atoms with Crippen molar-refractivity contribution in [2.24, 2.45) is 5.92 Å². The number of anilines is 1. The van der Waals surface area contributed by atoms with Crippen LogP contribution in [0, 0.1) is 5.92 Å². The highest BCUT2D eigenvalue weighted by atomic mass is 32.1. The van der Waals surface area contributed by atoms with Crippen LogP contribution in [0.25, 0.3) is 11.1 Å². The molecule has 2 aromatic heterocycles. The highest BCUT2D eigenvalue weighted by Crippen LogP contribution is 2.34. The first-order valence-corrected chi connectivity index (χ1v) is 11.2. The summed E-state index contributed by atoms with van der Waals surface area (Å²) in [6, 6.07) is 12.2. The maximum absolute atomic E-state index is 13.3. The van der Waals surface area contributed by atoms with Crippen molar-refractivity contribution in [3.8, 4) is 0 Å². The number of benzene rings is 1.